The summed E-state index contributed by atoms with van der Waals surface area (Å²) in [4.78, 5) is 21.2. The largest absolute Gasteiger partial charge is 0.493 e. The van der Waals surface area contributed by atoms with Crippen molar-refractivity contribution in [1.82, 2.24) is 24.5 Å². The maximum absolute atomic E-state index is 15.5. The number of pyridine rings is 1. The number of aryl methyl sites for hydroxylation is 2. The zero-order valence-electron chi connectivity index (χ0n) is 22.0. The number of nitrogens with zero attached hydrogens (tertiary/aromatic N) is 7. The van der Waals surface area contributed by atoms with E-state index in [-0.39, 0.29) is 24.6 Å². The number of halogens is 2. The second-order valence-corrected chi connectivity index (χ2v) is 9.77. The van der Waals surface area contributed by atoms with Crippen molar-refractivity contribution in [2.75, 3.05) is 24.0 Å². The SMILES string of the molecule is COc1cc(OC)c(F)c(N2Cc3cnc(-c4cn(C)nc4C)cc3N(Cc3cnn(C4CC4)c3)C2=O)c1F. The van der Waals surface area contributed by atoms with Crippen LogP contribution in [-0.2, 0) is 20.1 Å². The predicted octanol–water partition coefficient (Wildman–Crippen LogP) is 4.76. The molecule has 202 valence electrons. The molecule has 1 saturated carbocycles. The molecular weight excluding hydrogens is 508 g/mol. The standard InChI is InChI=1S/C27H27F2N7O3/c1-15-19(14-33(2)32-15)20-7-21-17(10-30-20)13-35(26-24(28)22(38-3)8-23(39-4)25(26)29)27(37)34(21)11-16-9-31-36(12-16)18-5-6-18/h7-10,12,14,18H,5-6,11,13H2,1-4H3. The lowest BCUT2D eigenvalue weighted by atomic mass is 10.1. The second-order valence-electron chi connectivity index (χ2n) is 9.77. The Balaban J connectivity index is 1.47. The lowest BCUT2D eigenvalue weighted by molar-refractivity contribution is 0.249. The van der Waals surface area contributed by atoms with Crippen molar-refractivity contribution in [2.24, 2.45) is 7.05 Å². The number of carbonyl (C=O) groups is 1. The topological polar surface area (TPSA) is 90.5 Å². The van der Waals surface area contributed by atoms with Crippen LogP contribution in [0, 0.1) is 18.6 Å². The van der Waals surface area contributed by atoms with Crippen LogP contribution in [0.3, 0.4) is 0 Å². The van der Waals surface area contributed by atoms with Crippen LogP contribution < -0.4 is 19.3 Å². The van der Waals surface area contributed by atoms with Crippen LogP contribution in [0.2, 0.25) is 0 Å². The number of anilines is 2. The molecule has 1 aliphatic heterocycles. The molecule has 1 aromatic carbocycles. The van der Waals surface area contributed by atoms with E-state index in [4.69, 9.17) is 9.47 Å². The highest BCUT2D eigenvalue weighted by molar-refractivity contribution is 6.06. The molecule has 0 unspecified atom stereocenters. The number of benzene rings is 1. The summed E-state index contributed by atoms with van der Waals surface area (Å²) < 4.78 is 44.8. The summed E-state index contributed by atoms with van der Waals surface area (Å²) in [7, 11) is 4.36. The average Bonchev–Trinajstić information content (AvgIpc) is 3.57. The molecule has 0 spiro atoms. The zero-order chi connectivity index (χ0) is 27.4. The lowest BCUT2D eigenvalue weighted by Gasteiger charge is -2.37. The third-order valence-corrected chi connectivity index (χ3v) is 7.07. The van der Waals surface area contributed by atoms with Gasteiger partial charge in [-0.05, 0) is 25.8 Å². The monoisotopic (exact) mass is 535 g/mol. The summed E-state index contributed by atoms with van der Waals surface area (Å²) in [5.41, 5.74) is 3.72. The number of ether oxygens (including phenoxy) is 2. The Morgan fingerprint density at radius 1 is 1.05 bits per heavy atom. The van der Waals surface area contributed by atoms with Crippen molar-refractivity contribution in [3.05, 3.63) is 65.4 Å². The van der Waals surface area contributed by atoms with Crippen molar-refractivity contribution < 1.29 is 23.0 Å². The molecule has 39 heavy (non-hydrogen) atoms. The molecule has 0 N–H and O–H groups in total. The first-order valence-corrected chi connectivity index (χ1v) is 12.5. The number of rotatable bonds is 7. The average molecular weight is 536 g/mol. The van der Waals surface area contributed by atoms with Crippen molar-refractivity contribution in [2.45, 2.75) is 38.9 Å². The van der Waals surface area contributed by atoms with Crippen molar-refractivity contribution in [1.29, 1.82) is 0 Å². The molecule has 0 radical (unpaired) electrons. The summed E-state index contributed by atoms with van der Waals surface area (Å²) in [5.74, 6) is -2.46. The third-order valence-electron chi connectivity index (χ3n) is 7.07. The molecule has 6 rings (SSSR count). The fraction of sp³-hybridized carbons (Fsp3) is 0.333. The van der Waals surface area contributed by atoms with Gasteiger partial charge in [-0.15, -0.1) is 0 Å². The minimum absolute atomic E-state index is 0.102. The normalized spacial score (nSPS) is 15.1. The van der Waals surface area contributed by atoms with E-state index < -0.39 is 23.4 Å². The second kappa shape index (κ2) is 9.37. The van der Waals surface area contributed by atoms with Crippen LogP contribution >= 0.6 is 0 Å². The lowest BCUT2D eigenvalue weighted by Crippen LogP contribution is -2.47. The fourth-order valence-electron chi connectivity index (χ4n) is 4.95. The van der Waals surface area contributed by atoms with E-state index >= 15 is 8.78 Å². The summed E-state index contributed by atoms with van der Waals surface area (Å²) in [6.45, 7) is 1.93. The van der Waals surface area contributed by atoms with Gasteiger partial charge in [-0.2, -0.15) is 10.2 Å². The quantitative estimate of drug-likeness (QED) is 0.339. The summed E-state index contributed by atoms with van der Waals surface area (Å²) in [6.07, 6.45) is 9.24. The Kier molecular flexibility index (Phi) is 5.96. The zero-order valence-corrected chi connectivity index (χ0v) is 22.0. The number of aromatic nitrogens is 5. The minimum Gasteiger partial charge on any atom is -0.493 e. The van der Waals surface area contributed by atoms with Gasteiger partial charge in [-0.25, -0.2) is 13.6 Å². The van der Waals surface area contributed by atoms with Crippen LogP contribution in [0.5, 0.6) is 11.5 Å². The molecule has 0 bridgehead atoms. The van der Waals surface area contributed by atoms with E-state index in [1.54, 1.807) is 17.1 Å². The number of methoxy groups -OCH3 is 2. The Morgan fingerprint density at radius 3 is 2.38 bits per heavy atom. The highest BCUT2D eigenvalue weighted by Crippen LogP contribution is 2.42. The molecule has 0 atom stereocenters. The number of carbonyl (C=O) groups excluding carboxylic acids is 1. The number of amides is 2. The smallest absolute Gasteiger partial charge is 0.329 e. The van der Waals surface area contributed by atoms with Gasteiger partial charge in [0.1, 0.15) is 5.69 Å². The summed E-state index contributed by atoms with van der Waals surface area (Å²) in [5, 5.41) is 8.84. The molecule has 4 heterocycles. The van der Waals surface area contributed by atoms with E-state index in [2.05, 4.69) is 15.2 Å². The fourth-order valence-corrected chi connectivity index (χ4v) is 4.95. The minimum atomic E-state index is -0.996. The Labute approximate surface area is 223 Å². The van der Waals surface area contributed by atoms with Gasteiger partial charge in [-0.3, -0.25) is 24.1 Å². The molecule has 1 fully saturated rings. The molecule has 0 saturated heterocycles. The van der Waals surface area contributed by atoms with Crippen LogP contribution in [0.4, 0.5) is 25.0 Å². The van der Waals surface area contributed by atoms with Gasteiger partial charge < -0.3 is 9.47 Å². The van der Waals surface area contributed by atoms with Crippen LogP contribution in [-0.4, -0.2) is 44.8 Å². The highest BCUT2D eigenvalue weighted by Gasteiger charge is 2.37. The molecule has 4 aromatic rings. The van der Waals surface area contributed by atoms with E-state index in [0.29, 0.717) is 23.0 Å². The maximum atomic E-state index is 15.5. The summed E-state index contributed by atoms with van der Waals surface area (Å²) in [6, 6.07) is 2.70. The first-order chi connectivity index (χ1) is 18.8. The number of fused-ring (bicyclic) bond motifs is 1. The molecule has 1 aliphatic carbocycles. The number of hydrogen-bond donors (Lipinski definition) is 0. The van der Waals surface area contributed by atoms with Crippen LogP contribution in [0.25, 0.3) is 11.3 Å². The maximum Gasteiger partial charge on any atom is 0.329 e. The van der Waals surface area contributed by atoms with Crippen molar-refractivity contribution >= 4 is 17.4 Å². The first-order valence-electron chi connectivity index (χ1n) is 12.5. The number of urea groups is 1. The van der Waals surface area contributed by atoms with Gasteiger partial charge in [0.2, 0.25) is 0 Å². The van der Waals surface area contributed by atoms with Crippen molar-refractivity contribution in [3.63, 3.8) is 0 Å². The Bertz CT molecular complexity index is 1570. The summed E-state index contributed by atoms with van der Waals surface area (Å²) >= 11 is 0. The van der Waals surface area contributed by atoms with Crippen LogP contribution in [0.15, 0.2) is 36.9 Å². The van der Waals surface area contributed by atoms with Gasteiger partial charge >= 0.3 is 6.03 Å². The molecule has 12 heteroatoms. The van der Waals surface area contributed by atoms with Gasteiger partial charge in [0.05, 0.1) is 56.6 Å². The molecule has 3 aromatic heterocycles. The Hall–Kier alpha value is -4.48. The predicted molar refractivity (Wildman–Crippen MR) is 139 cm³/mol. The van der Waals surface area contributed by atoms with Gasteiger partial charge in [0, 0.05) is 48.4 Å². The van der Waals surface area contributed by atoms with Crippen molar-refractivity contribution in [3.8, 4) is 22.8 Å². The molecule has 2 aliphatic rings. The third kappa shape index (κ3) is 4.25. The first kappa shape index (κ1) is 24.8. The Morgan fingerprint density at radius 2 is 1.77 bits per heavy atom. The molecule has 2 amide bonds. The van der Waals surface area contributed by atoms with Gasteiger partial charge in [0.15, 0.2) is 23.1 Å². The van der Waals surface area contributed by atoms with E-state index in [0.717, 1.165) is 40.6 Å². The number of hydrogen-bond acceptors (Lipinski definition) is 6. The van der Waals surface area contributed by atoms with E-state index in [1.165, 1.54) is 19.1 Å². The van der Waals surface area contributed by atoms with Crippen LogP contribution in [0.1, 0.15) is 35.7 Å². The molecule has 10 nitrogen and oxygen atoms in total. The van der Waals surface area contributed by atoms with E-state index in [1.807, 2.05) is 37.1 Å². The molecular formula is C27H27F2N7O3. The highest BCUT2D eigenvalue weighted by atomic mass is 19.1. The van der Waals surface area contributed by atoms with E-state index in [9.17, 15) is 4.79 Å². The van der Waals surface area contributed by atoms with Gasteiger partial charge in [0.25, 0.3) is 0 Å². The van der Waals surface area contributed by atoms with Gasteiger partial charge in [-0.1, -0.05) is 0 Å².